The zero-order valence-electron chi connectivity index (χ0n) is 8.70. The fourth-order valence-electron chi connectivity index (χ4n) is 1.89. The van der Waals surface area contributed by atoms with Gasteiger partial charge in [0.1, 0.15) is 0 Å². The van der Waals surface area contributed by atoms with Gasteiger partial charge in [-0.25, -0.2) is 0 Å². The molecule has 0 N–H and O–H groups in total. The zero-order chi connectivity index (χ0) is 9.97. The molecule has 14 heavy (non-hydrogen) atoms. The summed E-state index contributed by atoms with van der Waals surface area (Å²) in [6.07, 6.45) is 6.80. The average Bonchev–Trinajstić information content (AvgIpc) is 2.67. The quantitative estimate of drug-likeness (QED) is 0.636. The summed E-state index contributed by atoms with van der Waals surface area (Å²) in [7, 11) is -0.263. The van der Waals surface area contributed by atoms with E-state index in [0.29, 0.717) is 5.54 Å². The van der Waals surface area contributed by atoms with Crippen molar-refractivity contribution in [1.29, 1.82) is 0 Å². The van der Waals surface area contributed by atoms with Crippen molar-refractivity contribution < 1.29 is 0 Å². The first kappa shape index (κ1) is 9.47. The Labute approximate surface area is 87.6 Å². The van der Waals surface area contributed by atoms with E-state index in [1.165, 1.54) is 11.1 Å². The predicted molar refractivity (Wildman–Crippen MR) is 64.8 cm³/mol. The van der Waals surface area contributed by atoms with Gasteiger partial charge in [-0.15, -0.1) is 0 Å². The van der Waals surface area contributed by atoms with Crippen LogP contribution in [0.15, 0.2) is 48.6 Å². The molecule has 1 aromatic rings. The molecule has 0 saturated heterocycles. The first-order valence-corrected chi connectivity index (χ1v) is 7.60. The third-order valence-electron chi connectivity index (χ3n) is 2.64. The second kappa shape index (κ2) is 3.97. The lowest BCUT2D eigenvalue weighted by molar-refractivity contribution is 1.35. The van der Waals surface area contributed by atoms with E-state index in [0.717, 1.165) is 0 Å². The van der Waals surface area contributed by atoms with Crippen LogP contribution in [0.3, 0.4) is 0 Å². The highest BCUT2D eigenvalue weighted by atomic mass is 28.3. The highest BCUT2D eigenvalue weighted by Crippen LogP contribution is 2.35. The largest absolute Gasteiger partial charge is 0.0800 e. The molecule has 0 heterocycles. The van der Waals surface area contributed by atoms with Gasteiger partial charge in [-0.05, 0) is 16.7 Å². The smallest absolute Gasteiger partial charge is 0.0548 e. The fourth-order valence-corrected chi connectivity index (χ4v) is 3.27. The van der Waals surface area contributed by atoms with E-state index in [1.54, 1.807) is 0 Å². The van der Waals surface area contributed by atoms with Crippen molar-refractivity contribution in [2.45, 2.75) is 18.6 Å². The zero-order valence-corrected chi connectivity index (χ0v) is 9.70. The van der Waals surface area contributed by atoms with Crippen molar-refractivity contribution in [3.8, 4) is 0 Å². The Morgan fingerprint density at radius 1 is 1.07 bits per heavy atom. The molecule has 1 heteroatoms. The van der Waals surface area contributed by atoms with E-state index in [9.17, 15) is 0 Å². The van der Waals surface area contributed by atoms with Crippen molar-refractivity contribution in [3.05, 3.63) is 54.1 Å². The highest BCUT2D eigenvalue weighted by Gasteiger charge is 2.19. The van der Waals surface area contributed by atoms with Gasteiger partial charge in [0.05, 0.1) is 8.80 Å². The van der Waals surface area contributed by atoms with E-state index in [2.05, 4.69) is 61.7 Å². The van der Waals surface area contributed by atoms with Crippen LogP contribution in [0.2, 0.25) is 18.6 Å². The minimum atomic E-state index is -0.263. The van der Waals surface area contributed by atoms with Crippen molar-refractivity contribution in [3.63, 3.8) is 0 Å². The Balaban J connectivity index is 2.29. The Hall–Kier alpha value is -1.08. The number of hydrogen-bond donors (Lipinski definition) is 0. The van der Waals surface area contributed by atoms with Gasteiger partial charge in [-0.1, -0.05) is 61.7 Å². The summed E-state index contributed by atoms with van der Waals surface area (Å²) >= 11 is 0. The molecule has 0 aromatic heterocycles. The Morgan fingerprint density at radius 3 is 2.43 bits per heavy atom. The molecule has 0 aliphatic heterocycles. The van der Waals surface area contributed by atoms with Gasteiger partial charge in [-0.2, -0.15) is 0 Å². The van der Waals surface area contributed by atoms with Crippen LogP contribution in [-0.2, 0) is 0 Å². The van der Waals surface area contributed by atoms with Crippen molar-refractivity contribution in [2.24, 2.45) is 0 Å². The molecule has 71 valence electrons. The predicted octanol–water partition coefficient (Wildman–Crippen LogP) is 3.76. The van der Waals surface area contributed by atoms with Crippen LogP contribution >= 0.6 is 0 Å². The second-order valence-corrected chi connectivity index (χ2v) is 6.70. The summed E-state index contributed by atoms with van der Waals surface area (Å²) in [4.78, 5) is 0. The second-order valence-electron chi connectivity index (χ2n) is 3.93. The Morgan fingerprint density at radius 2 is 1.79 bits per heavy atom. The molecule has 0 bridgehead atoms. The molecule has 1 aliphatic rings. The summed E-state index contributed by atoms with van der Waals surface area (Å²) in [5.74, 6) is 0. The fraction of sp³-hybridized carbons (Fsp3) is 0.231. The van der Waals surface area contributed by atoms with Gasteiger partial charge >= 0.3 is 0 Å². The van der Waals surface area contributed by atoms with Gasteiger partial charge in [0.15, 0.2) is 0 Å². The van der Waals surface area contributed by atoms with Crippen LogP contribution in [-0.4, -0.2) is 8.80 Å². The third kappa shape index (κ3) is 1.73. The highest BCUT2D eigenvalue weighted by molar-refractivity contribution is 6.60. The molecule has 1 radical (unpaired) electrons. The molecule has 1 atom stereocenters. The molecule has 2 rings (SSSR count). The van der Waals surface area contributed by atoms with Gasteiger partial charge in [0.25, 0.3) is 0 Å². The standard InChI is InChI=1S/C13H15Si/c1-14(2)13-10-6-9-12(13)11-7-4-3-5-8-11/h3-10,13H,1-2H3. The van der Waals surface area contributed by atoms with Crippen molar-refractivity contribution >= 4 is 14.4 Å². The van der Waals surface area contributed by atoms with E-state index < -0.39 is 0 Å². The molecular weight excluding hydrogens is 184 g/mol. The number of rotatable bonds is 2. The topological polar surface area (TPSA) is 0 Å². The van der Waals surface area contributed by atoms with E-state index in [4.69, 9.17) is 0 Å². The molecule has 0 spiro atoms. The van der Waals surface area contributed by atoms with Gasteiger partial charge in [-0.3, -0.25) is 0 Å². The van der Waals surface area contributed by atoms with Gasteiger partial charge < -0.3 is 0 Å². The molecule has 1 aromatic carbocycles. The maximum atomic E-state index is 2.38. The monoisotopic (exact) mass is 199 g/mol. The summed E-state index contributed by atoms with van der Waals surface area (Å²) < 4.78 is 0. The van der Waals surface area contributed by atoms with Crippen LogP contribution in [0.4, 0.5) is 0 Å². The first-order chi connectivity index (χ1) is 6.79. The minimum Gasteiger partial charge on any atom is -0.0800 e. The SMILES string of the molecule is C[Si](C)C1C=CC=C1c1ccccc1. The molecule has 0 saturated carbocycles. The summed E-state index contributed by atoms with van der Waals surface area (Å²) in [6, 6.07) is 10.7. The first-order valence-electron chi connectivity index (χ1n) is 5.03. The average molecular weight is 199 g/mol. The van der Waals surface area contributed by atoms with E-state index in [1.807, 2.05) is 0 Å². The van der Waals surface area contributed by atoms with Crippen LogP contribution < -0.4 is 0 Å². The summed E-state index contributed by atoms with van der Waals surface area (Å²) in [5, 5.41) is 0. The molecule has 0 nitrogen and oxygen atoms in total. The molecule has 0 fully saturated rings. The lowest BCUT2D eigenvalue weighted by Gasteiger charge is -2.16. The van der Waals surface area contributed by atoms with Gasteiger partial charge in [0.2, 0.25) is 0 Å². The van der Waals surface area contributed by atoms with Gasteiger partial charge in [0, 0.05) is 0 Å². The molecule has 1 unspecified atom stereocenters. The maximum Gasteiger partial charge on any atom is 0.0548 e. The molecule has 0 amide bonds. The minimum absolute atomic E-state index is 0.263. The summed E-state index contributed by atoms with van der Waals surface area (Å²) in [5.41, 5.74) is 3.58. The van der Waals surface area contributed by atoms with Crippen molar-refractivity contribution in [1.82, 2.24) is 0 Å². The van der Waals surface area contributed by atoms with Crippen LogP contribution in [0.25, 0.3) is 5.57 Å². The normalized spacial score (nSPS) is 20.2. The van der Waals surface area contributed by atoms with E-state index >= 15 is 0 Å². The van der Waals surface area contributed by atoms with Crippen molar-refractivity contribution in [2.75, 3.05) is 0 Å². The lowest BCUT2D eigenvalue weighted by Crippen LogP contribution is -2.09. The number of hydrogen-bond acceptors (Lipinski definition) is 0. The Bertz CT molecular complexity index is 360. The maximum absolute atomic E-state index is 2.38. The summed E-state index contributed by atoms with van der Waals surface area (Å²) in [6.45, 7) is 4.75. The Kier molecular flexibility index (Phi) is 2.68. The van der Waals surface area contributed by atoms with E-state index in [-0.39, 0.29) is 8.80 Å². The number of allylic oxidation sites excluding steroid dienone is 4. The lowest BCUT2D eigenvalue weighted by atomic mass is 10.1. The van der Waals surface area contributed by atoms with Crippen LogP contribution in [0, 0.1) is 0 Å². The molecular formula is C13H15Si. The third-order valence-corrected chi connectivity index (χ3v) is 4.39. The van der Waals surface area contributed by atoms with Crippen LogP contribution in [0.1, 0.15) is 5.56 Å². The molecule has 1 aliphatic carbocycles. The number of benzene rings is 1. The van der Waals surface area contributed by atoms with Crippen LogP contribution in [0.5, 0.6) is 0 Å².